The fraction of sp³-hybridized carbons (Fsp3) is 0.429. The summed E-state index contributed by atoms with van der Waals surface area (Å²) in [5.74, 6) is -0.671. The molecule has 0 radical (unpaired) electrons. The van der Waals surface area contributed by atoms with Gasteiger partial charge in [-0.15, -0.1) is 0 Å². The molecule has 0 heterocycles. The zero-order valence-electron chi connectivity index (χ0n) is 5.66. The molecule has 1 aliphatic carbocycles. The molecule has 0 saturated heterocycles. The standard InChI is InChI=1S/C7H8O3/c1-10-7(9)5-2-3-6(8)4-5/h2-3,5H,4H2,1H3/t5-/m0/s1. The van der Waals surface area contributed by atoms with E-state index in [1.165, 1.54) is 13.2 Å². The lowest BCUT2D eigenvalue weighted by Gasteiger charge is -2.01. The Morgan fingerprint density at radius 2 is 2.50 bits per heavy atom. The van der Waals surface area contributed by atoms with Gasteiger partial charge in [0.2, 0.25) is 0 Å². The van der Waals surface area contributed by atoms with Crippen molar-refractivity contribution < 1.29 is 14.3 Å². The van der Waals surface area contributed by atoms with Gasteiger partial charge in [-0.25, -0.2) is 0 Å². The van der Waals surface area contributed by atoms with Crippen LogP contribution in [-0.4, -0.2) is 18.9 Å². The summed E-state index contributed by atoms with van der Waals surface area (Å²) in [6, 6.07) is 0. The van der Waals surface area contributed by atoms with E-state index in [1.54, 1.807) is 6.08 Å². The second-order valence-corrected chi connectivity index (χ2v) is 2.16. The minimum absolute atomic E-state index is 0.00426. The zero-order chi connectivity index (χ0) is 7.56. The number of carbonyl (C=O) groups is 2. The summed E-state index contributed by atoms with van der Waals surface area (Å²) in [5.41, 5.74) is 0. The Kier molecular flexibility index (Phi) is 1.85. The van der Waals surface area contributed by atoms with Crippen molar-refractivity contribution in [3.05, 3.63) is 12.2 Å². The zero-order valence-corrected chi connectivity index (χ0v) is 5.66. The van der Waals surface area contributed by atoms with Crippen molar-refractivity contribution in [1.82, 2.24) is 0 Å². The first-order valence-electron chi connectivity index (χ1n) is 3.03. The van der Waals surface area contributed by atoms with Gasteiger partial charge in [0, 0.05) is 6.42 Å². The molecule has 0 fully saturated rings. The molecule has 3 nitrogen and oxygen atoms in total. The van der Waals surface area contributed by atoms with Crippen LogP contribution in [0.5, 0.6) is 0 Å². The van der Waals surface area contributed by atoms with E-state index in [0.717, 1.165) is 0 Å². The first-order chi connectivity index (χ1) is 4.74. The summed E-state index contributed by atoms with van der Waals surface area (Å²) in [4.78, 5) is 21.3. The van der Waals surface area contributed by atoms with Crippen molar-refractivity contribution >= 4 is 11.8 Å². The Morgan fingerprint density at radius 1 is 1.80 bits per heavy atom. The van der Waals surface area contributed by atoms with E-state index in [2.05, 4.69) is 4.74 Å². The van der Waals surface area contributed by atoms with Crippen molar-refractivity contribution in [2.45, 2.75) is 6.42 Å². The number of carbonyl (C=O) groups excluding carboxylic acids is 2. The van der Waals surface area contributed by atoms with Crippen molar-refractivity contribution in [3.8, 4) is 0 Å². The van der Waals surface area contributed by atoms with Crippen LogP contribution in [0.2, 0.25) is 0 Å². The molecule has 54 valence electrons. The summed E-state index contributed by atoms with van der Waals surface area (Å²) in [7, 11) is 1.32. The van der Waals surface area contributed by atoms with Crippen LogP contribution < -0.4 is 0 Å². The van der Waals surface area contributed by atoms with Gasteiger partial charge in [-0.1, -0.05) is 6.08 Å². The number of ether oxygens (including phenoxy) is 1. The van der Waals surface area contributed by atoms with Crippen LogP contribution >= 0.6 is 0 Å². The van der Waals surface area contributed by atoms with E-state index in [-0.39, 0.29) is 24.1 Å². The third-order valence-electron chi connectivity index (χ3n) is 1.44. The van der Waals surface area contributed by atoms with Gasteiger partial charge in [0.1, 0.15) is 0 Å². The molecule has 0 unspecified atom stereocenters. The third-order valence-corrected chi connectivity index (χ3v) is 1.44. The summed E-state index contributed by atoms with van der Waals surface area (Å²) in [6.07, 6.45) is 3.27. The van der Waals surface area contributed by atoms with E-state index < -0.39 is 0 Å². The van der Waals surface area contributed by atoms with Crippen LogP contribution in [0.25, 0.3) is 0 Å². The number of hydrogen-bond donors (Lipinski definition) is 0. The van der Waals surface area contributed by atoms with E-state index in [1.807, 2.05) is 0 Å². The Labute approximate surface area is 58.7 Å². The van der Waals surface area contributed by atoms with E-state index in [4.69, 9.17) is 0 Å². The van der Waals surface area contributed by atoms with Gasteiger partial charge in [0.05, 0.1) is 13.0 Å². The van der Waals surface area contributed by atoms with E-state index in [9.17, 15) is 9.59 Å². The van der Waals surface area contributed by atoms with Crippen molar-refractivity contribution in [2.24, 2.45) is 5.92 Å². The first-order valence-corrected chi connectivity index (χ1v) is 3.03. The molecule has 1 rings (SSSR count). The van der Waals surface area contributed by atoms with Gasteiger partial charge in [0.15, 0.2) is 5.78 Å². The van der Waals surface area contributed by atoms with Gasteiger partial charge >= 0.3 is 5.97 Å². The summed E-state index contributed by atoms with van der Waals surface area (Å²) in [6.45, 7) is 0. The van der Waals surface area contributed by atoms with Crippen molar-refractivity contribution in [3.63, 3.8) is 0 Å². The number of hydrogen-bond acceptors (Lipinski definition) is 3. The lowest BCUT2D eigenvalue weighted by Crippen LogP contribution is -2.12. The molecule has 0 saturated carbocycles. The molecule has 0 aromatic carbocycles. The van der Waals surface area contributed by atoms with Gasteiger partial charge in [-0.05, 0) is 6.08 Å². The molecule has 0 aliphatic heterocycles. The highest BCUT2D eigenvalue weighted by Crippen LogP contribution is 2.14. The van der Waals surface area contributed by atoms with Crippen molar-refractivity contribution in [1.29, 1.82) is 0 Å². The monoisotopic (exact) mass is 140 g/mol. The fourth-order valence-electron chi connectivity index (χ4n) is 0.890. The predicted molar refractivity (Wildman–Crippen MR) is 34.3 cm³/mol. The molecule has 0 amide bonds. The largest absolute Gasteiger partial charge is 0.469 e. The molecule has 0 aromatic heterocycles. The average Bonchev–Trinajstić information content (AvgIpc) is 2.34. The second kappa shape index (κ2) is 2.64. The predicted octanol–water partition coefficient (Wildman–Crippen LogP) is 0.305. The number of methoxy groups -OCH3 is 1. The minimum atomic E-state index is -0.336. The average molecular weight is 140 g/mol. The fourth-order valence-corrected chi connectivity index (χ4v) is 0.890. The van der Waals surface area contributed by atoms with E-state index in [0.29, 0.717) is 0 Å². The molecule has 1 atom stereocenters. The van der Waals surface area contributed by atoms with Crippen LogP contribution in [-0.2, 0) is 14.3 Å². The summed E-state index contributed by atoms with van der Waals surface area (Å²) >= 11 is 0. The van der Waals surface area contributed by atoms with Gasteiger partial charge < -0.3 is 4.74 Å². The van der Waals surface area contributed by atoms with Crippen LogP contribution in [0.15, 0.2) is 12.2 Å². The lowest BCUT2D eigenvalue weighted by molar-refractivity contribution is -0.144. The van der Waals surface area contributed by atoms with Crippen LogP contribution in [0, 0.1) is 5.92 Å². The van der Waals surface area contributed by atoms with Crippen LogP contribution in [0.1, 0.15) is 6.42 Å². The molecule has 10 heavy (non-hydrogen) atoms. The first kappa shape index (κ1) is 6.99. The highest BCUT2D eigenvalue weighted by Gasteiger charge is 2.23. The van der Waals surface area contributed by atoms with Gasteiger partial charge in [0.25, 0.3) is 0 Å². The smallest absolute Gasteiger partial charge is 0.312 e. The molecule has 0 spiro atoms. The topological polar surface area (TPSA) is 43.4 Å². The maximum atomic E-state index is 10.7. The molecule has 0 aromatic rings. The quantitative estimate of drug-likeness (QED) is 0.492. The second-order valence-electron chi connectivity index (χ2n) is 2.16. The minimum Gasteiger partial charge on any atom is -0.469 e. The molecular weight excluding hydrogens is 132 g/mol. The van der Waals surface area contributed by atoms with Gasteiger partial charge in [-0.2, -0.15) is 0 Å². The third kappa shape index (κ3) is 1.23. The highest BCUT2D eigenvalue weighted by atomic mass is 16.5. The normalized spacial score (nSPS) is 23.3. The SMILES string of the molecule is COC(=O)[C@H]1C=CC(=O)C1. The molecule has 0 bridgehead atoms. The Bertz CT molecular complexity index is 193. The van der Waals surface area contributed by atoms with Crippen LogP contribution in [0.3, 0.4) is 0 Å². The van der Waals surface area contributed by atoms with Crippen molar-refractivity contribution in [2.75, 3.05) is 7.11 Å². The molecule has 3 heteroatoms. The Morgan fingerprint density at radius 3 is 2.90 bits per heavy atom. The summed E-state index contributed by atoms with van der Waals surface area (Å²) < 4.78 is 4.44. The van der Waals surface area contributed by atoms with Gasteiger partial charge in [-0.3, -0.25) is 9.59 Å². The van der Waals surface area contributed by atoms with Crippen LogP contribution in [0.4, 0.5) is 0 Å². The number of ketones is 1. The maximum Gasteiger partial charge on any atom is 0.312 e. The maximum absolute atomic E-state index is 10.7. The molecular formula is C7H8O3. The molecule has 1 aliphatic rings. The van der Waals surface area contributed by atoms with E-state index >= 15 is 0 Å². The highest BCUT2D eigenvalue weighted by molar-refractivity contribution is 5.97. The number of rotatable bonds is 1. The number of esters is 1. The lowest BCUT2D eigenvalue weighted by atomic mass is 10.1. The Balaban J connectivity index is 2.54. The molecule has 0 N–H and O–H groups in total. The Hall–Kier alpha value is -1.12. The summed E-state index contributed by atoms with van der Waals surface area (Å²) in [5, 5.41) is 0. The number of allylic oxidation sites excluding steroid dienone is 1.